The Morgan fingerprint density at radius 1 is 0.907 bits per heavy atom. The molecule has 9 atom stereocenters. The van der Waals surface area contributed by atoms with E-state index in [0.717, 1.165) is 0 Å². The van der Waals surface area contributed by atoms with Gasteiger partial charge in [0.2, 0.25) is 23.6 Å². The van der Waals surface area contributed by atoms with Crippen molar-refractivity contribution in [3.8, 4) is 5.75 Å². The molecule has 2 rings (SSSR count). The van der Waals surface area contributed by atoms with Gasteiger partial charge in [-0.1, -0.05) is 67.0 Å². The van der Waals surface area contributed by atoms with Crippen LogP contribution in [0.2, 0.25) is 0 Å². The van der Waals surface area contributed by atoms with Gasteiger partial charge in [-0.2, -0.15) is 0 Å². The number of amides is 4. The Bertz CT molecular complexity index is 1380. The van der Waals surface area contributed by atoms with Gasteiger partial charge in [0.05, 0.1) is 42.7 Å². The summed E-state index contributed by atoms with van der Waals surface area (Å²) in [5.41, 5.74) is 0.633. The molecule has 2 unspecified atom stereocenters. The number of ether oxygens (including phenoxy) is 2. The number of phenols is 1. The van der Waals surface area contributed by atoms with E-state index >= 15 is 0 Å². The van der Waals surface area contributed by atoms with E-state index in [9.17, 15) is 34.2 Å². The standard InChI is InChI=1S/C40H67N5O9/c1-13-25(6)35(44(10)39(50)33(23(2)3)42-38(49)34(24(4)5)43(8)9)31(53-11)22-32(47)45-20-14-15-30(45)36(54-12)26(7)37(48)41-29(40(51)52)21-27-16-18-28(46)19-17-27/h16-19,23-26,29-31,33-36,46H,13-15,20-22H2,1-12H3,(H,41,48)(H,42,49)(H,51,52)/t25?,26-,29?,30+,31-,33+,34+,35+,36-/m1/s1. The summed E-state index contributed by atoms with van der Waals surface area (Å²) >= 11 is 0. The van der Waals surface area contributed by atoms with Crippen LogP contribution in [0.1, 0.15) is 79.7 Å². The third kappa shape index (κ3) is 12.1. The van der Waals surface area contributed by atoms with Crippen molar-refractivity contribution in [1.29, 1.82) is 0 Å². The zero-order chi connectivity index (χ0) is 41.0. The molecule has 0 bridgehead atoms. The van der Waals surface area contributed by atoms with E-state index in [1.54, 1.807) is 35.9 Å². The highest BCUT2D eigenvalue weighted by Crippen LogP contribution is 2.30. The number of carbonyl (C=O) groups excluding carboxylic acids is 4. The fourth-order valence-electron chi connectivity index (χ4n) is 7.78. The lowest BCUT2D eigenvalue weighted by Gasteiger charge is -2.41. The number of methoxy groups -OCH3 is 2. The Labute approximate surface area is 322 Å². The highest BCUT2D eigenvalue weighted by molar-refractivity contribution is 5.90. The van der Waals surface area contributed by atoms with E-state index in [2.05, 4.69) is 10.6 Å². The van der Waals surface area contributed by atoms with Gasteiger partial charge in [-0.25, -0.2) is 4.79 Å². The minimum absolute atomic E-state index is 0.0191. The molecule has 1 fully saturated rings. The molecule has 0 spiro atoms. The van der Waals surface area contributed by atoms with E-state index in [4.69, 9.17) is 9.47 Å². The van der Waals surface area contributed by atoms with E-state index in [-0.39, 0.29) is 54.1 Å². The molecule has 4 amide bonds. The van der Waals surface area contributed by atoms with Crippen molar-refractivity contribution in [3.05, 3.63) is 29.8 Å². The Kier molecular flexibility index (Phi) is 18.4. The number of aromatic hydroxyl groups is 1. The molecule has 1 aliphatic rings. The summed E-state index contributed by atoms with van der Waals surface area (Å²) in [6.07, 6.45) is 0.581. The smallest absolute Gasteiger partial charge is 0.326 e. The van der Waals surface area contributed by atoms with Crippen LogP contribution in [-0.2, 0) is 39.9 Å². The number of nitrogens with one attached hydrogen (secondary N) is 2. The van der Waals surface area contributed by atoms with Crippen LogP contribution < -0.4 is 10.6 Å². The second-order valence-electron chi connectivity index (χ2n) is 15.7. The van der Waals surface area contributed by atoms with E-state index in [0.29, 0.717) is 31.4 Å². The number of likely N-dealkylation sites (tertiary alicyclic amines) is 1. The maximum atomic E-state index is 14.2. The molecule has 14 heteroatoms. The number of hydrogen-bond donors (Lipinski definition) is 4. The van der Waals surface area contributed by atoms with Gasteiger partial charge in [-0.15, -0.1) is 0 Å². The molecule has 0 aromatic heterocycles. The number of rotatable bonds is 21. The summed E-state index contributed by atoms with van der Waals surface area (Å²) in [5.74, 6) is -3.38. The van der Waals surface area contributed by atoms with Gasteiger partial charge in [0, 0.05) is 34.2 Å². The Balaban J connectivity index is 2.27. The molecular weight excluding hydrogens is 694 g/mol. The number of aliphatic carboxylic acids is 1. The van der Waals surface area contributed by atoms with Crippen molar-refractivity contribution >= 4 is 29.6 Å². The number of carbonyl (C=O) groups is 5. The summed E-state index contributed by atoms with van der Waals surface area (Å²) in [5, 5.41) is 25.1. The van der Waals surface area contributed by atoms with Crippen molar-refractivity contribution < 1.29 is 43.7 Å². The summed E-state index contributed by atoms with van der Waals surface area (Å²) in [6.45, 7) is 13.9. The second kappa shape index (κ2) is 21.4. The van der Waals surface area contributed by atoms with Crippen LogP contribution in [0.4, 0.5) is 0 Å². The molecule has 1 aromatic rings. The summed E-state index contributed by atoms with van der Waals surface area (Å²) in [4.78, 5) is 72.6. The lowest BCUT2D eigenvalue weighted by molar-refractivity contribution is -0.148. The van der Waals surface area contributed by atoms with Crippen LogP contribution in [0.3, 0.4) is 0 Å². The van der Waals surface area contributed by atoms with Gasteiger partial charge < -0.3 is 40.1 Å². The first-order valence-corrected chi connectivity index (χ1v) is 19.2. The van der Waals surface area contributed by atoms with Crippen molar-refractivity contribution in [2.75, 3.05) is 41.9 Å². The van der Waals surface area contributed by atoms with Crippen molar-refractivity contribution in [1.82, 2.24) is 25.3 Å². The average molecular weight is 762 g/mol. The van der Waals surface area contributed by atoms with Crippen LogP contribution in [0.5, 0.6) is 5.75 Å². The van der Waals surface area contributed by atoms with Crippen molar-refractivity contribution in [3.63, 3.8) is 0 Å². The van der Waals surface area contributed by atoms with Gasteiger partial charge >= 0.3 is 5.97 Å². The maximum Gasteiger partial charge on any atom is 0.326 e. The molecule has 0 aliphatic carbocycles. The molecule has 0 saturated carbocycles. The van der Waals surface area contributed by atoms with Crippen LogP contribution in [0.25, 0.3) is 0 Å². The van der Waals surface area contributed by atoms with E-state index in [1.165, 1.54) is 26.4 Å². The zero-order valence-electron chi connectivity index (χ0n) is 34.5. The number of benzene rings is 1. The fraction of sp³-hybridized carbons (Fsp3) is 0.725. The van der Waals surface area contributed by atoms with Gasteiger partial charge in [-0.3, -0.25) is 24.1 Å². The number of likely N-dealkylation sites (N-methyl/N-ethyl adjacent to an activating group) is 2. The van der Waals surface area contributed by atoms with Crippen molar-refractivity contribution in [2.24, 2.45) is 23.7 Å². The van der Waals surface area contributed by atoms with E-state index in [1.807, 2.05) is 60.5 Å². The molecule has 1 saturated heterocycles. The van der Waals surface area contributed by atoms with Crippen LogP contribution >= 0.6 is 0 Å². The third-order valence-electron chi connectivity index (χ3n) is 10.9. The lowest BCUT2D eigenvalue weighted by atomic mass is 9.89. The molecule has 0 radical (unpaired) electrons. The number of phenolic OH excluding ortho intramolecular Hbond substituents is 1. The number of carboxylic acids is 1. The first kappa shape index (κ1) is 46.4. The van der Waals surface area contributed by atoms with Gasteiger partial charge in [0.15, 0.2) is 0 Å². The predicted octanol–water partition coefficient (Wildman–Crippen LogP) is 3.15. The molecule has 1 heterocycles. The molecule has 14 nitrogen and oxygen atoms in total. The fourth-order valence-corrected chi connectivity index (χ4v) is 7.78. The van der Waals surface area contributed by atoms with Gasteiger partial charge in [-0.05, 0) is 62.4 Å². The normalized spacial score (nSPS) is 19.1. The number of nitrogens with zero attached hydrogens (tertiary/aromatic N) is 3. The average Bonchev–Trinajstić information content (AvgIpc) is 3.59. The Morgan fingerprint density at radius 2 is 1.52 bits per heavy atom. The zero-order valence-corrected chi connectivity index (χ0v) is 34.5. The summed E-state index contributed by atoms with van der Waals surface area (Å²) < 4.78 is 11.8. The monoisotopic (exact) mass is 761 g/mol. The molecule has 1 aromatic carbocycles. The topological polar surface area (TPSA) is 178 Å². The van der Waals surface area contributed by atoms with Crippen LogP contribution in [0, 0.1) is 23.7 Å². The van der Waals surface area contributed by atoms with Gasteiger partial charge in [0.1, 0.15) is 17.8 Å². The first-order valence-electron chi connectivity index (χ1n) is 19.2. The molecular formula is C40H67N5O9. The molecule has 306 valence electrons. The van der Waals surface area contributed by atoms with Crippen LogP contribution in [-0.4, -0.2) is 139 Å². The minimum Gasteiger partial charge on any atom is -0.508 e. The van der Waals surface area contributed by atoms with Crippen LogP contribution in [0.15, 0.2) is 24.3 Å². The number of hydrogen-bond acceptors (Lipinski definition) is 9. The highest BCUT2D eigenvalue weighted by atomic mass is 16.5. The largest absolute Gasteiger partial charge is 0.508 e. The van der Waals surface area contributed by atoms with Gasteiger partial charge in [0.25, 0.3) is 0 Å². The van der Waals surface area contributed by atoms with Crippen molar-refractivity contribution in [2.45, 2.75) is 123 Å². The molecule has 1 aliphatic heterocycles. The van der Waals surface area contributed by atoms with E-state index < -0.39 is 60.2 Å². The third-order valence-corrected chi connectivity index (χ3v) is 10.9. The Hall–Kier alpha value is -3.75. The SMILES string of the molecule is CCC(C)[C@@H]([C@@H](CC(=O)N1CCC[C@H]1[C@H](OC)[C@@H](C)C(=O)NC(Cc1ccc(O)cc1)C(=O)O)OC)N(C)C(=O)[C@@H](NC(=O)[C@H](C(C)C)N(C)C)C(C)C. The predicted molar refractivity (Wildman–Crippen MR) is 207 cm³/mol. The second-order valence-corrected chi connectivity index (χ2v) is 15.7. The summed E-state index contributed by atoms with van der Waals surface area (Å²) in [7, 11) is 8.39. The lowest BCUT2D eigenvalue weighted by Crippen LogP contribution is -2.59. The maximum absolute atomic E-state index is 14.2. The summed E-state index contributed by atoms with van der Waals surface area (Å²) in [6, 6.07) is 2.75. The Morgan fingerprint density at radius 3 is 2.00 bits per heavy atom. The molecule has 54 heavy (non-hydrogen) atoms. The minimum atomic E-state index is -1.21. The molecule has 4 N–H and O–H groups in total. The first-order chi connectivity index (χ1) is 25.3. The quantitative estimate of drug-likeness (QED) is 0.146. The highest BCUT2D eigenvalue weighted by Gasteiger charge is 2.43. The number of carboxylic acid groups (broad SMARTS) is 1.